The second kappa shape index (κ2) is 3.11. The van der Waals surface area contributed by atoms with Gasteiger partial charge in [-0.2, -0.15) is 0 Å². The zero-order valence-electron chi connectivity index (χ0n) is 7.92. The molecule has 1 heterocycles. The highest BCUT2D eigenvalue weighted by Gasteiger charge is 2.48. The molecular weight excluding hydrogens is 160 g/mol. The minimum Gasteiger partial charge on any atom is -0.311 e. The molecule has 70 valence electrons. The molecule has 1 saturated heterocycles. The summed E-state index contributed by atoms with van der Waals surface area (Å²) >= 11 is 0. The number of aliphatic imine (C=N–C) groups is 1. The Bertz CT molecular complexity index is 261. The molecule has 0 aromatic carbocycles. The first-order valence-corrected chi connectivity index (χ1v) is 4.83. The van der Waals surface area contributed by atoms with E-state index >= 15 is 0 Å². The van der Waals surface area contributed by atoms with Crippen LogP contribution in [-0.4, -0.2) is 18.8 Å². The molecule has 2 fully saturated rings. The molecule has 1 atom stereocenters. The summed E-state index contributed by atoms with van der Waals surface area (Å²) in [5, 5.41) is 3.58. The Kier molecular flexibility index (Phi) is 2.08. The van der Waals surface area contributed by atoms with Gasteiger partial charge in [0, 0.05) is 18.3 Å². The van der Waals surface area contributed by atoms with Crippen LogP contribution in [0.4, 0.5) is 0 Å². The van der Waals surface area contributed by atoms with Gasteiger partial charge in [0.1, 0.15) is 0 Å². The van der Waals surface area contributed by atoms with E-state index in [9.17, 15) is 0 Å². The number of hydrogen-bond acceptors (Lipinski definition) is 2. The highest BCUT2D eigenvalue weighted by atomic mass is 15.1. The highest BCUT2D eigenvalue weighted by molar-refractivity contribution is 5.31. The molecule has 0 aromatic heterocycles. The average molecular weight is 176 g/mol. The normalized spacial score (nSPS) is 30.5. The smallest absolute Gasteiger partial charge is 0.0295 e. The third-order valence-electron chi connectivity index (χ3n) is 3.16. The van der Waals surface area contributed by atoms with E-state index in [1.807, 2.05) is 12.3 Å². The summed E-state index contributed by atoms with van der Waals surface area (Å²) in [4.78, 5) is 3.81. The molecule has 1 saturated carbocycles. The van der Waals surface area contributed by atoms with Gasteiger partial charge in [0.2, 0.25) is 0 Å². The molecule has 1 aliphatic heterocycles. The van der Waals surface area contributed by atoms with Crippen LogP contribution in [0.15, 0.2) is 29.4 Å². The Morgan fingerprint density at radius 2 is 2.31 bits per heavy atom. The molecule has 13 heavy (non-hydrogen) atoms. The topological polar surface area (TPSA) is 24.4 Å². The van der Waals surface area contributed by atoms with E-state index in [-0.39, 0.29) is 0 Å². The molecule has 2 nitrogen and oxygen atoms in total. The van der Waals surface area contributed by atoms with Gasteiger partial charge >= 0.3 is 0 Å². The van der Waals surface area contributed by atoms with E-state index in [0.29, 0.717) is 11.5 Å². The SMILES string of the molecule is C=C/C(=C\N=C)C1CNC2(CC2)C1. The maximum Gasteiger partial charge on any atom is 0.0295 e. The molecule has 1 N–H and O–H groups in total. The molecule has 0 amide bonds. The van der Waals surface area contributed by atoms with E-state index in [0.717, 1.165) is 6.54 Å². The first-order valence-electron chi connectivity index (χ1n) is 4.83. The van der Waals surface area contributed by atoms with Gasteiger partial charge < -0.3 is 5.32 Å². The van der Waals surface area contributed by atoms with Crippen molar-refractivity contribution in [3.05, 3.63) is 24.4 Å². The van der Waals surface area contributed by atoms with Crippen LogP contribution in [0, 0.1) is 5.92 Å². The van der Waals surface area contributed by atoms with E-state index < -0.39 is 0 Å². The minimum atomic E-state index is 0.494. The molecule has 2 rings (SSSR count). The molecular formula is C11H16N2. The lowest BCUT2D eigenvalue weighted by atomic mass is 9.96. The van der Waals surface area contributed by atoms with Crippen molar-refractivity contribution in [1.82, 2.24) is 5.32 Å². The Balaban J connectivity index is 2.04. The summed E-state index contributed by atoms with van der Waals surface area (Å²) in [5.74, 6) is 0.602. The third-order valence-corrected chi connectivity index (χ3v) is 3.16. The summed E-state index contributed by atoms with van der Waals surface area (Å²) in [6.07, 6.45) is 7.68. The van der Waals surface area contributed by atoms with Gasteiger partial charge in [0.15, 0.2) is 0 Å². The van der Waals surface area contributed by atoms with E-state index in [1.165, 1.54) is 24.8 Å². The summed E-state index contributed by atoms with van der Waals surface area (Å²) in [6, 6.07) is 0. The number of hydrogen-bond donors (Lipinski definition) is 1. The Hall–Kier alpha value is -0.890. The average Bonchev–Trinajstić information content (AvgIpc) is 2.74. The van der Waals surface area contributed by atoms with Crippen LogP contribution < -0.4 is 5.32 Å². The molecule has 2 heteroatoms. The largest absolute Gasteiger partial charge is 0.311 e. The van der Waals surface area contributed by atoms with Crippen molar-refractivity contribution in [2.24, 2.45) is 10.9 Å². The van der Waals surface area contributed by atoms with Crippen molar-refractivity contribution in [2.45, 2.75) is 24.8 Å². The number of rotatable bonds is 3. The second-order valence-electron chi connectivity index (χ2n) is 4.08. The number of nitrogens with zero attached hydrogens (tertiary/aromatic N) is 1. The van der Waals surface area contributed by atoms with Gasteiger partial charge in [-0.15, -0.1) is 0 Å². The van der Waals surface area contributed by atoms with Crippen LogP contribution in [0.1, 0.15) is 19.3 Å². The van der Waals surface area contributed by atoms with Crippen molar-refractivity contribution in [2.75, 3.05) is 6.54 Å². The lowest BCUT2D eigenvalue weighted by Gasteiger charge is -2.08. The van der Waals surface area contributed by atoms with Crippen molar-refractivity contribution < 1.29 is 0 Å². The number of nitrogens with one attached hydrogen (secondary N) is 1. The Morgan fingerprint density at radius 3 is 2.77 bits per heavy atom. The van der Waals surface area contributed by atoms with Crippen molar-refractivity contribution in [3.8, 4) is 0 Å². The van der Waals surface area contributed by atoms with Crippen LogP contribution in [0.5, 0.6) is 0 Å². The Morgan fingerprint density at radius 1 is 1.54 bits per heavy atom. The minimum absolute atomic E-state index is 0.494. The summed E-state index contributed by atoms with van der Waals surface area (Å²) < 4.78 is 0. The van der Waals surface area contributed by atoms with Gasteiger partial charge in [0.25, 0.3) is 0 Å². The van der Waals surface area contributed by atoms with E-state index in [1.54, 1.807) is 0 Å². The summed E-state index contributed by atoms with van der Waals surface area (Å²) in [5.41, 5.74) is 1.72. The first-order chi connectivity index (χ1) is 6.29. The zero-order chi connectivity index (χ0) is 9.31. The molecule has 0 aromatic rings. The maximum atomic E-state index is 3.81. The van der Waals surface area contributed by atoms with Gasteiger partial charge in [-0.1, -0.05) is 12.7 Å². The number of allylic oxidation sites excluding steroid dienone is 1. The lowest BCUT2D eigenvalue weighted by Crippen LogP contribution is -2.22. The molecule has 0 radical (unpaired) electrons. The fourth-order valence-corrected chi connectivity index (χ4v) is 2.15. The predicted octanol–water partition coefficient (Wildman–Crippen LogP) is 1.90. The summed E-state index contributed by atoms with van der Waals surface area (Å²) in [6.45, 7) is 8.36. The molecule has 1 unspecified atom stereocenters. The van der Waals surface area contributed by atoms with Crippen molar-refractivity contribution in [1.29, 1.82) is 0 Å². The van der Waals surface area contributed by atoms with Crippen LogP contribution >= 0.6 is 0 Å². The van der Waals surface area contributed by atoms with E-state index in [2.05, 4.69) is 23.6 Å². The van der Waals surface area contributed by atoms with Gasteiger partial charge in [-0.05, 0) is 37.5 Å². The van der Waals surface area contributed by atoms with Gasteiger partial charge in [-0.25, -0.2) is 0 Å². The first kappa shape index (κ1) is 8.70. The molecule has 0 bridgehead atoms. The fraction of sp³-hybridized carbons (Fsp3) is 0.545. The van der Waals surface area contributed by atoms with Crippen LogP contribution in [0.3, 0.4) is 0 Å². The van der Waals surface area contributed by atoms with Crippen molar-refractivity contribution in [3.63, 3.8) is 0 Å². The van der Waals surface area contributed by atoms with Crippen molar-refractivity contribution >= 4 is 6.72 Å². The standard InChI is InChI=1S/C11H16N2/c1-3-9(7-12-2)10-6-11(4-5-11)13-8-10/h3,7,10,13H,1-2,4-6,8H2/b9-7+. The second-order valence-corrected chi connectivity index (χ2v) is 4.08. The molecule has 1 spiro atoms. The quantitative estimate of drug-likeness (QED) is 0.515. The maximum absolute atomic E-state index is 3.81. The summed E-state index contributed by atoms with van der Waals surface area (Å²) in [7, 11) is 0. The zero-order valence-corrected chi connectivity index (χ0v) is 7.92. The Labute approximate surface area is 79.4 Å². The highest BCUT2D eigenvalue weighted by Crippen LogP contribution is 2.46. The monoisotopic (exact) mass is 176 g/mol. The van der Waals surface area contributed by atoms with Crippen LogP contribution in [0.25, 0.3) is 0 Å². The fourth-order valence-electron chi connectivity index (χ4n) is 2.15. The predicted molar refractivity (Wildman–Crippen MR) is 55.9 cm³/mol. The molecule has 2 aliphatic rings. The lowest BCUT2D eigenvalue weighted by molar-refractivity contribution is 0.587. The van der Waals surface area contributed by atoms with Crippen LogP contribution in [0.2, 0.25) is 0 Å². The van der Waals surface area contributed by atoms with Gasteiger partial charge in [0.05, 0.1) is 0 Å². The van der Waals surface area contributed by atoms with Gasteiger partial charge in [-0.3, -0.25) is 4.99 Å². The van der Waals surface area contributed by atoms with Crippen LogP contribution in [-0.2, 0) is 0 Å². The third kappa shape index (κ3) is 1.59. The molecule has 1 aliphatic carbocycles. The van der Waals surface area contributed by atoms with E-state index in [4.69, 9.17) is 0 Å².